The summed E-state index contributed by atoms with van der Waals surface area (Å²) in [6, 6.07) is 12.2. The first kappa shape index (κ1) is 19.3. The van der Waals surface area contributed by atoms with Crippen LogP contribution in [0.2, 0.25) is 0 Å². The SMILES string of the molecule is O=C(O)Nc1nc2cc(F)c(Sc3nnc4ccc(-c5ccc(F)cc5)nn34)cc2s1. The van der Waals surface area contributed by atoms with Crippen molar-refractivity contribution in [3.8, 4) is 11.3 Å². The Balaban J connectivity index is 1.51. The Hall–Kier alpha value is -3.64. The lowest BCUT2D eigenvalue weighted by Crippen LogP contribution is -2.06. The number of thiazole rings is 1. The van der Waals surface area contributed by atoms with Crippen molar-refractivity contribution in [2.24, 2.45) is 0 Å². The molecule has 2 aromatic carbocycles. The number of anilines is 1. The van der Waals surface area contributed by atoms with Gasteiger partial charge in [-0.05, 0) is 54.2 Å². The Kier molecular flexibility index (Phi) is 4.71. The Morgan fingerprint density at radius 2 is 1.90 bits per heavy atom. The lowest BCUT2D eigenvalue weighted by atomic mass is 10.1. The molecular weight excluding hydrogens is 446 g/mol. The summed E-state index contributed by atoms with van der Waals surface area (Å²) in [4.78, 5) is 15.1. The maximum absolute atomic E-state index is 14.7. The van der Waals surface area contributed by atoms with E-state index < -0.39 is 11.9 Å². The van der Waals surface area contributed by atoms with Crippen molar-refractivity contribution in [2.75, 3.05) is 5.32 Å². The average Bonchev–Trinajstić information content (AvgIpc) is 3.31. The fourth-order valence-electron chi connectivity index (χ4n) is 2.86. The molecular formula is C19H10F2N6O2S2. The smallest absolute Gasteiger partial charge is 0.410 e. The molecule has 0 aliphatic heterocycles. The molecule has 0 saturated carbocycles. The van der Waals surface area contributed by atoms with E-state index in [2.05, 4.69) is 25.6 Å². The zero-order valence-electron chi connectivity index (χ0n) is 15.3. The Morgan fingerprint density at radius 3 is 2.68 bits per heavy atom. The van der Waals surface area contributed by atoms with E-state index in [1.807, 2.05) is 0 Å². The average molecular weight is 456 g/mol. The summed E-state index contributed by atoms with van der Waals surface area (Å²) in [6.07, 6.45) is -1.24. The van der Waals surface area contributed by atoms with Gasteiger partial charge in [-0.1, -0.05) is 11.3 Å². The van der Waals surface area contributed by atoms with E-state index in [9.17, 15) is 13.6 Å². The van der Waals surface area contributed by atoms with Gasteiger partial charge in [-0.2, -0.15) is 9.61 Å². The van der Waals surface area contributed by atoms with Gasteiger partial charge in [-0.25, -0.2) is 18.6 Å². The number of hydrogen-bond acceptors (Lipinski definition) is 7. The summed E-state index contributed by atoms with van der Waals surface area (Å²) >= 11 is 2.12. The number of aromatic nitrogens is 5. The molecule has 3 aromatic heterocycles. The van der Waals surface area contributed by atoms with Gasteiger partial charge in [-0.15, -0.1) is 10.2 Å². The highest BCUT2D eigenvalue weighted by atomic mass is 32.2. The Bertz CT molecular complexity index is 1450. The molecule has 0 aliphatic carbocycles. The number of rotatable bonds is 4. The minimum Gasteiger partial charge on any atom is -0.465 e. The van der Waals surface area contributed by atoms with Crippen LogP contribution >= 0.6 is 23.1 Å². The number of nitrogens with one attached hydrogen (secondary N) is 1. The van der Waals surface area contributed by atoms with Gasteiger partial charge in [0.15, 0.2) is 10.8 Å². The number of fused-ring (bicyclic) bond motifs is 2. The zero-order valence-corrected chi connectivity index (χ0v) is 16.9. The van der Waals surface area contributed by atoms with Crippen molar-refractivity contribution in [3.05, 3.63) is 60.2 Å². The zero-order chi connectivity index (χ0) is 21.5. The van der Waals surface area contributed by atoms with Crippen LogP contribution in [0.4, 0.5) is 18.7 Å². The van der Waals surface area contributed by atoms with Crippen molar-refractivity contribution in [1.29, 1.82) is 0 Å². The van der Waals surface area contributed by atoms with Gasteiger partial charge in [0.05, 0.1) is 20.8 Å². The van der Waals surface area contributed by atoms with Gasteiger partial charge < -0.3 is 5.11 Å². The first-order valence-electron chi connectivity index (χ1n) is 8.72. The molecule has 0 atom stereocenters. The van der Waals surface area contributed by atoms with Crippen molar-refractivity contribution in [1.82, 2.24) is 24.8 Å². The second-order valence-electron chi connectivity index (χ2n) is 6.28. The first-order chi connectivity index (χ1) is 15.0. The molecule has 5 rings (SSSR count). The van der Waals surface area contributed by atoms with Crippen LogP contribution in [0.3, 0.4) is 0 Å². The summed E-state index contributed by atoms with van der Waals surface area (Å²) in [5, 5.41) is 24.1. The lowest BCUT2D eigenvalue weighted by Gasteiger charge is -2.04. The molecule has 0 fully saturated rings. The molecule has 0 saturated heterocycles. The Labute approximate surface area is 180 Å². The van der Waals surface area contributed by atoms with Crippen LogP contribution < -0.4 is 5.32 Å². The van der Waals surface area contributed by atoms with E-state index in [1.54, 1.807) is 30.3 Å². The minimum absolute atomic E-state index is 0.155. The highest BCUT2D eigenvalue weighted by molar-refractivity contribution is 7.99. The van der Waals surface area contributed by atoms with E-state index in [1.165, 1.54) is 22.7 Å². The summed E-state index contributed by atoms with van der Waals surface area (Å²) in [5.74, 6) is -0.878. The highest BCUT2D eigenvalue weighted by Gasteiger charge is 2.16. The van der Waals surface area contributed by atoms with E-state index in [4.69, 9.17) is 5.11 Å². The number of benzene rings is 2. The standard InChI is InChI=1S/C19H10F2N6O2S2/c20-10-3-1-9(2-4-10)12-5-6-16-24-25-18(27(16)26-12)31-14-8-15-13(7-11(14)21)22-17(30-15)23-19(28)29/h1-8H,(H,22,23)(H,28,29). The molecule has 1 amide bonds. The highest BCUT2D eigenvalue weighted by Crippen LogP contribution is 2.35. The van der Waals surface area contributed by atoms with Gasteiger partial charge in [-0.3, -0.25) is 5.32 Å². The molecule has 31 heavy (non-hydrogen) atoms. The van der Waals surface area contributed by atoms with Crippen LogP contribution in [-0.2, 0) is 0 Å². The van der Waals surface area contributed by atoms with Gasteiger partial charge >= 0.3 is 6.09 Å². The van der Waals surface area contributed by atoms with E-state index in [0.29, 0.717) is 32.3 Å². The number of hydrogen-bond donors (Lipinski definition) is 2. The van der Waals surface area contributed by atoms with Crippen LogP contribution in [0.25, 0.3) is 27.1 Å². The third kappa shape index (κ3) is 3.78. The molecule has 12 heteroatoms. The maximum atomic E-state index is 14.7. The van der Waals surface area contributed by atoms with E-state index in [-0.39, 0.29) is 15.8 Å². The van der Waals surface area contributed by atoms with Crippen LogP contribution in [-0.4, -0.2) is 36.0 Å². The van der Waals surface area contributed by atoms with Gasteiger partial charge in [0.1, 0.15) is 11.6 Å². The molecule has 2 N–H and O–H groups in total. The molecule has 0 aliphatic rings. The topological polar surface area (TPSA) is 105 Å². The normalized spacial score (nSPS) is 11.3. The van der Waals surface area contributed by atoms with Crippen LogP contribution in [0.5, 0.6) is 0 Å². The number of halogens is 2. The number of nitrogens with zero attached hydrogens (tertiary/aromatic N) is 5. The summed E-state index contributed by atoms with van der Waals surface area (Å²) in [6.45, 7) is 0. The first-order valence-corrected chi connectivity index (χ1v) is 10.4. The third-order valence-electron chi connectivity index (χ3n) is 4.23. The van der Waals surface area contributed by atoms with Gasteiger partial charge in [0.25, 0.3) is 0 Å². The van der Waals surface area contributed by atoms with Crippen LogP contribution in [0.1, 0.15) is 0 Å². The van der Waals surface area contributed by atoms with Crippen molar-refractivity contribution in [2.45, 2.75) is 10.1 Å². The van der Waals surface area contributed by atoms with Crippen molar-refractivity contribution in [3.63, 3.8) is 0 Å². The largest absolute Gasteiger partial charge is 0.465 e. The maximum Gasteiger partial charge on any atom is 0.410 e. The fourth-order valence-corrected chi connectivity index (χ4v) is 4.64. The number of carboxylic acid groups (broad SMARTS) is 1. The van der Waals surface area contributed by atoms with E-state index >= 15 is 0 Å². The third-order valence-corrected chi connectivity index (χ3v) is 6.13. The number of carbonyl (C=O) groups is 1. The molecule has 0 bridgehead atoms. The predicted octanol–water partition coefficient (Wildman–Crippen LogP) is 4.92. The van der Waals surface area contributed by atoms with Crippen LogP contribution in [0, 0.1) is 11.6 Å². The van der Waals surface area contributed by atoms with E-state index in [0.717, 1.165) is 23.1 Å². The molecule has 3 heterocycles. The van der Waals surface area contributed by atoms with Gasteiger partial charge in [0, 0.05) is 11.6 Å². The van der Waals surface area contributed by atoms with Crippen molar-refractivity contribution < 1.29 is 18.7 Å². The monoisotopic (exact) mass is 456 g/mol. The minimum atomic E-state index is -1.24. The quantitative estimate of drug-likeness (QED) is 0.395. The molecule has 0 unspecified atom stereocenters. The summed E-state index contributed by atoms with van der Waals surface area (Å²) < 4.78 is 30.0. The summed E-state index contributed by atoms with van der Waals surface area (Å²) in [7, 11) is 0. The molecule has 8 nitrogen and oxygen atoms in total. The lowest BCUT2D eigenvalue weighted by molar-refractivity contribution is 0.209. The molecule has 154 valence electrons. The number of amides is 1. The van der Waals surface area contributed by atoms with Crippen molar-refractivity contribution >= 4 is 50.2 Å². The predicted molar refractivity (Wildman–Crippen MR) is 112 cm³/mol. The fraction of sp³-hybridized carbons (Fsp3) is 0. The summed E-state index contributed by atoms with van der Waals surface area (Å²) in [5.41, 5.74) is 2.11. The molecule has 5 aromatic rings. The second kappa shape index (κ2) is 7.56. The molecule has 0 radical (unpaired) electrons. The molecule has 0 spiro atoms. The van der Waals surface area contributed by atoms with Crippen LogP contribution in [0.15, 0.2) is 58.6 Å². The van der Waals surface area contributed by atoms with Gasteiger partial charge in [0.2, 0.25) is 5.16 Å². The Morgan fingerprint density at radius 1 is 1.10 bits per heavy atom. The second-order valence-corrected chi connectivity index (χ2v) is 8.32.